The number of thiophene rings is 1. The Hall–Kier alpha value is -2.65. The third-order valence-corrected chi connectivity index (χ3v) is 6.11. The smallest absolute Gasteiger partial charge is 0.276 e. The molecule has 0 unspecified atom stereocenters. The Morgan fingerprint density at radius 1 is 1.30 bits per heavy atom. The number of aromatic nitrogens is 6. The van der Waals surface area contributed by atoms with E-state index in [0.29, 0.717) is 12.3 Å². The van der Waals surface area contributed by atoms with Crippen LogP contribution in [0.5, 0.6) is 0 Å². The summed E-state index contributed by atoms with van der Waals surface area (Å²) in [4.78, 5) is 14.1. The summed E-state index contributed by atoms with van der Waals surface area (Å²) in [7, 11) is 0. The Labute approximate surface area is 160 Å². The Kier molecular flexibility index (Phi) is 4.17. The number of tetrazole rings is 1. The molecule has 0 aliphatic carbocycles. The summed E-state index contributed by atoms with van der Waals surface area (Å²) < 4.78 is 1.76. The van der Waals surface area contributed by atoms with Gasteiger partial charge in [0, 0.05) is 24.2 Å². The van der Waals surface area contributed by atoms with E-state index in [1.807, 2.05) is 18.2 Å². The fourth-order valence-electron chi connectivity index (χ4n) is 3.69. The number of nitrogens with zero attached hydrogens (tertiary/aromatic N) is 7. The maximum Gasteiger partial charge on any atom is 0.276 e. The summed E-state index contributed by atoms with van der Waals surface area (Å²) in [5.41, 5.74) is 2.36. The van der Waals surface area contributed by atoms with Gasteiger partial charge in [0.1, 0.15) is 10.6 Å². The molecule has 0 bridgehead atoms. The van der Waals surface area contributed by atoms with Gasteiger partial charge in [0.05, 0.1) is 17.6 Å². The van der Waals surface area contributed by atoms with Crippen LogP contribution in [-0.4, -0.2) is 48.0 Å². The van der Waals surface area contributed by atoms with Crippen molar-refractivity contribution in [2.45, 2.75) is 32.9 Å². The van der Waals surface area contributed by atoms with Crippen molar-refractivity contribution in [3.8, 4) is 0 Å². The summed E-state index contributed by atoms with van der Waals surface area (Å²) in [6.07, 6.45) is 4.01. The lowest BCUT2D eigenvalue weighted by Crippen LogP contribution is -2.30. The largest absolute Gasteiger partial charge is 0.364 e. The van der Waals surface area contributed by atoms with Crippen molar-refractivity contribution < 1.29 is 0 Å². The van der Waals surface area contributed by atoms with E-state index in [1.54, 1.807) is 22.0 Å². The van der Waals surface area contributed by atoms with Crippen LogP contribution in [0.4, 0.5) is 5.82 Å². The number of anilines is 1. The molecule has 138 valence electrons. The van der Waals surface area contributed by atoms with E-state index in [4.69, 9.17) is 4.98 Å². The molecule has 0 aromatic carbocycles. The van der Waals surface area contributed by atoms with Crippen LogP contribution in [0.15, 0.2) is 24.4 Å². The number of nitrogens with one attached hydrogen (secondary N) is 1. The normalized spacial score (nSPS) is 14.7. The Morgan fingerprint density at radius 3 is 3.11 bits per heavy atom. The molecular formula is C18H20N8S. The Bertz CT molecular complexity index is 1090. The van der Waals surface area contributed by atoms with Gasteiger partial charge in [-0.1, -0.05) is 18.1 Å². The summed E-state index contributed by atoms with van der Waals surface area (Å²) in [6, 6.07) is 5.92. The van der Waals surface area contributed by atoms with Crippen LogP contribution in [0, 0.1) is 0 Å². The Balaban J connectivity index is 1.59. The summed E-state index contributed by atoms with van der Waals surface area (Å²) in [5, 5.41) is 16.7. The topological polar surface area (TPSA) is 84.1 Å². The Morgan fingerprint density at radius 2 is 2.26 bits per heavy atom. The molecule has 5 rings (SSSR count). The minimum absolute atomic E-state index is 0.523. The van der Waals surface area contributed by atoms with Gasteiger partial charge < -0.3 is 5.32 Å². The second-order valence-electron chi connectivity index (χ2n) is 6.74. The van der Waals surface area contributed by atoms with Crippen LogP contribution in [-0.2, 0) is 19.5 Å². The third-order valence-electron chi connectivity index (χ3n) is 4.91. The maximum absolute atomic E-state index is 4.70. The van der Waals surface area contributed by atoms with E-state index in [-0.39, 0.29) is 0 Å². The van der Waals surface area contributed by atoms with Crippen LogP contribution in [0.3, 0.4) is 0 Å². The molecule has 0 amide bonds. The van der Waals surface area contributed by atoms with Gasteiger partial charge in [0.15, 0.2) is 0 Å². The molecule has 5 heterocycles. The van der Waals surface area contributed by atoms with E-state index < -0.39 is 0 Å². The number of hydrogen-bond acceptors (Lipinski definition) is 8. The van der Waals surface area contributed by atoms with Crippen molar-refractivity contribution >= 4 is 33.1 Å². The molecule has 0 fully saturated rings. The molecule has 0 spiro atoms. The highest BCUT2D eigenvalue weighted by molar-refractivity contribution is 7.19. The zero-order chi connectivity index (χ0) is 18.2. The van der Waals surface area contributed by atoms with Gasteiger partial charge in [0.25, 0.3) is 5.78 Å². The minimum Gasteiger partial charge on any atom is -0.364 e. The van der Waals surface area contributed by atoms with E-state index in [2.05, 4.69) is 37.6 Å². The summed E-state index contributed by atoms with van der Waals surface area (Å²) in [5.74, 6) is 1.37. The molecule has 4 aromatic heterocycles. The predicted molar refractivity (Wildman–Crippen MR) is 105 cm³/mol. The monoisotopic (exact) mass is 380 g/mol. The van der Waals surface area contributed by atoms with Gasteiger partial charge in [-0.15, -0.1) is 11.3 Å². The van der Waals surface area contributed by atoms with Crippen molar-refractivity contribution in [2.75, 3.05) is 18.4 Å². The highest BCUT2D eigenvalue weighted by atomic mass is 32.1. The standard InChI is InChI=1S/C18H20N8S/c1-2-8-25-9-6-13-14(11-25)27-17-15(13)16(21-18-22-23-24-26(17)18)20-10-12-5-3-4-7-19-12/h3-5,7H,2,6,8-11H2,1H3,(H,20,21,22,24). The van der Waals surface area contributed by atoms with Gasteiger partial charge in [-0.2, -0.15) is 9.50 Å². The fourth-order valence-corrected chi connectivity index (χ4v) is 5.02. The first-order valence-electron chi connectivity index (χ1n) is 9.22. The first kappa shape index (κ1) is 16.5. The number of rotatable bonds is 5. The first-order valence-corrected chi connectivity index (χ1v) is 10.0. The van der Waals surface area contributed by atoms with Gasteiger partial charge in [-0.25, -0.2) is 0 Å². The van der Waals surface area contributed by atoms with Crippen LogP contribution in [0.1, 0.15) is 29.5 Å². The molecule has 8 nitrogen and oxygen atoms in total. The van der Waals surface area contributed by atoms with E-state index >= 15 is 0 Å². The molecule has 4 aromatic rings. The lowest BCUT2D eigenvalue weighted by molar-refractivity contribution is 0.258. The lowest BCUT2D eigenvalue weighted by atomic mass is 10.0. The van der Waals surface area contributed by atoms with Crippen molar-refractivity contribution in [3.63, 3.8) is 0 Å². The second-order valence-corrected chi connectivity index (χ2v) is 7.82. The average Bonchev–Trinajstić information content (AvgIpc) is 3.31. The van der Waals surface area contributed by atoms with E-state index in [9.17, 15) is 0 Å². The minimum atomic E-state index is 0.523. The average molecular weight is 380 g/mol. The van der Waals surface area contributed by atoms with Crippen molar-refractivity contribution in [3.05, 3.63) is 40.5 Å². The molecule has 1 aliphatic rings. The summed E-state index contributed by atoms with van der Waals surface area (Å²) in [6.45, 7) is 6.06. The predicted octanol–water partition coefficient (Wildman–Crippen LogP) is 2.51. The molecule has 0 saturated heterocycles. The fraction of sp³-hybridized carbons (Fsp3) is 0.389. The zero-order valence-electron chi connectivity index (χ0n) is 15.1. The maximum atomic E-state index is 4.70. The molecule has 0 radical (unpaired) electrons. The lowest BCUT2D eigenvalue weighted by Gasteiger charge is -2.26. The highest BCUT2D eigenvalue weighted by Crippen LogP contribution is 2.38. The van der Waals surface area contributed by atoms with Gasteiger partial charge in [0.2, 0.25) is 0 Å². The number of hydrogen-bond donors (Lipinski definition) is 1. The zero-order valence-corrected chi connectivity index (χ0v) is 15.9. The van der Waals surface area contributed by atoms with Crippen LogP contribution in [0.2, 0.25) is 0 Å². The SMILES string of the molecule is CCCN1CCc2c(sc3c2c(NCc2ccccn2)nc2nnnn23)C1. The molecule has 9 heteroatoms. The second kappa shape index (κ2) is 6.82. The van der Waals surface area contributed by atoms with Crippen LogP contribution in [0.25, 0.3) is 16.0 Å². The van der Waals surface area contributed by atoms with Crippen molar-refractivity contribution in [1.82, 2.24) is 34.9 Å². The molecular weight excluding hydrogens is 360 g/mol. The van der Waals surface area contributed by atoms with E-state index in [0.717, 1.165) is 47.8 Å². The van der Waals surface area contributed by atoms with Crippen molar-refractivity contribution in [1.29, 1.82) is 0 Å². The van der Waals surface area contributed by atoms with Crippen LogP contribution >= 0.6 is 11.3 Å². The van der Waals surface area contributed by atoms with Gasteiger partial charge >= 0.3 is 0 Å². The summed E-state index contributed by atoms with van der Waals surface area (Å²) >= 11 is 1.78. The number of pyridine rings is 1. The molecule has 0 saturated carbocycles. The number of fused-ring (bicyclic) bond motifs is 5. The highest BCUT2D eigenvalue weighted by Gasteiger charge is 2.25. The van der Waals surface area contributed by atoms with Crippen LogP contribution < -0.4 is 5.32 Å². The van der Waals surface area contributed by atoms with E-state index in [1.165, 1.54) is 16.9 Å². The third kappa shape index (κ3) is 2.92. The quantitative estimate of drug-likeness (QED) is 0.569. The first-order chi connectivity index (χ1) is 13.3. The van der Waals surface area contributed by atoms with Gasteiger partial charge in [-0.05, 0) is 47.5 Å². The molecule has 1 aliphatic heterocycles. The molecule has 27 heavy (non-hydrogen) atoms. The van der Waals surface area contributed by atoms with Gasteiger partial charge in [-0.3, -0.25) is 9.88 Å². The molecule has 1 N–H and O–H groups in total. The van der Waals surface area contributed by atoms with Crippen molar-refractivity contribution in [2.24, 2.45) is 0 Å². The molecule has 0 atom stereocenters.